The van der Waals surface area contributed by atoms with Gasteiger partial charge < -0.3 is 11.1 Å². The summed E-state index contributed by atoms with van der Waals surface area (Å²) in [6, 6.07) is 7.70. The Balaban J connectivity index is 2.17. The van der Waals surface area contributed by atoms with Gasteiger partial charge in [0.25, 0.3) is 5.91 Å². The maximum Gasteiger partial charge on any atom is 0.266 e. The fourth-order valence-corrected chi connectivity index (χ4v) is 2.92. The first-order valence-electron chi connectivity index (χ1n) is 6.83. The number of hydrogen-bond acceptors (Lipinski definition) is 3. The summed E-state index contributed by atoms with van der Waals surface area (Å²) in [4.78, 5) is 13.1. The van der Waals surface area contributed by atoms with Crippen LogP contribution in [0.4, 0.5) is 5.69 Å². The smallest absolute Gasteiger partial charge is 0.266 e. The van der Waals surface area contributed by atoms with Gasteiger partial charge in [0.15, 0.2) is 0 Å². The van der Waals surface area contributed by atoms with Crippen LogP contribution >= 0.6 is 11.3 Å². The van der Waals surface area contributed by atoms with Crippen molar-refractivity contribution in [3.63, 3.8) is 0 Å². The zero-order valence-electron chi connectivity index (χ0n) is 12.2. The molecule has 4 heteroatoms. The maximum atomic E-state index is 12.3. The molecule has 0 bridgehead atoms. The van der Waals surface area contributed by atoms with E-state index in [1.807, 2.05) is 43.5 Å². The highest BCUT2D eigenvalue weighted by Gasteiger charge is 2.12. The fourth-order valence-electron chi connectivity index (χ4n) is 2.03. The van der Waals surface area contributed by atoms with Crippen molar-refractivity contribution in [3.8, 4) is 11.8 Å². The second kappa shape index (κ2) is 7.07. The quantitative estimate of drug-likeness (QED) is 0.855. The molecule has 108 valence electrons. The van der Waals surface area contributed by atoms with Crippen LogP contribution in [0.1, 0.15) is 33.3 Å². The third kappa shape index (κ3) is 3.72. The first kappa shape index (κ1) is 15.3. The Morgan fingerprint density at radius 1 is 1.38 bits per heavy atom. The molecule has 0 unspecified atom stereocenters. The van der Waals surface area contributed by atoms with Crippen molar-refractivity contribution in [2.24, 2.45) is 5.73 Å². The SMILES string of the molecule is CCc1ccsc1C(=O)Nc1ccc(C#CCN)c(C)c1. The van der Waals surface area contributed by atoms with E-state index in [0.29, 0.717) is 6.54 Å². The molecule has 0 saturated carbocycles. The van der Waals surface area contributed by atoms with E-state index in [4.69, 9.17) is 5.73 Å². The Bertz CT molecular complexity index is 707. The van der Waals surface area contributed by atoms with Gasteiger partial charge in [-0.2, -0.15) is 0 Å². The first-order valence-corrected chi connectivity index (χ1v) is 7.71. The predicted octanol–water partition coefficient (Wildman–Crippen LogP) is 3.18. The van der Waals surface area contributed by atoms with E-state index < -0.39 is 0 Å². The van der Waals surface area contributed by atoms with Gasteiger partial charge in [-0.3, -0.25) is 4.79 Å². The van der Waals surface area contributed by atoms with Crippen LogP contribution in [0.3, 0.4) is 0 Å². The predicted molar refractivity (Wildman–Crippen MR) is 88.8 cm³/mol. The van der Waals surface area contributed by atoms with Gasteiger partial charge >= 0.3 is 0 Å². The highest BCUT2D eigenvalue weighted by Crippen LogP contribution is 2.20. The van der Waals surface area contributed by atoms with Crippen molar-refractivity contribution in [1.82, 2.24) is 0 Å². The van der Waals surface area contributed by atoms with Gasteiger partial charge in [0.2, 0.25) is 0 Å². The molecule has 0 saturated heterocycles. The van der Waals surface area contributed by atoms with Gasteiger partial charge in [0.05, 0.1) is 11.4 Å². The summed E-state index contributed by atoms with van der Waals surface area (Å²) in [6.45, 7) is 4.36. The molecule has 0 aliphatic rings. The Morgan fingerprint density at radius 2 is 2.19 bits per heavy atom. The molecule has 0 aliphatic carbocycles. The van der Waals surface area contributed by atoms with Gasteiger partial charge in [0.1, 0.15) is 0 Å². The van der Waals surface area contributed by atoms with Gasteiger partial charge in [0, 0.05) is 11.3 Å². The van der Waals surface area contributed by atoms with Crippen LogP contribution in [0.5, 0.6) is 0 Å². The molecule has 0 fully saturated rings. The summed E-state index contributed by atoms with van der Waals surface area (Å²) < 4.78 is 0. The van der Waals surface area contributed by atoms with Crippen molar-refractivity contribution < 1.29 is 4.79 Å². The number of amides is 1. The summed E-state index contributed by atoms with van der Waals surface area (Å²) in [5.74, 6) is 5.79. The van der Waals surface area contributed by atoms with Gasteiger partial charge in [-0.05, 0) is 54.1 Å². The summed E-state index contributed by atoms with van der Waals surface area (Å²) in [6.07, 6.45) is 0.860. The minimum atomic E-state index is -0.0537. The summed E-state index contributed by atoms with van der Waals surface area (Å²) >= 11 is 1.47. The first-order chi connectivity index (χ1) is 10.2. The largest absolute Gasteiger partial charge is 0.321 e. The van der Waals surface area contributed by atoms with Crippen LogP contribution in [-0.4, -0.2) is 12.5 Å². The molecule has 0 aliphatic heterocycles. The van der Waals surface area contributed by atoms with Crippen LogP contribution in [0.2, 0.25) is 0 Å². The molecule has 0 radical (unpaired) electrons. The summed E-state index contributed by atoms with van der Waals surface area (Å²) in [7, 11) is 0. The van der Waals surface area contributed by atoms with Crippen molar-refractivity contribution in [1.29, 1.82) is 0 Å². The monoisotopic (exact) mass is 298 g/mol. The Hall–Kier alpha value is -2.09. The number of nitrogens with one attached hydrogen (secondary N) is 1. The second-order valence-electron chi connectivity index (χ2n) is 4.62. The molecule has 1 heterocycles. The molecule has 1 aromatic carbocycles. The molecule has 0 atom stereocenters. The van der Waals surface area contributed by atoms with Crippen LogP contribution in [0.25, 0.3) is 0 Å². The Morgan fingerprint density at radius 3 is 2.86 bits per heavy atom. The number of hydrogen-bond donors (Lipinski definition) is 2. The Kier molecular flexibility index (Phi) is 5.15. The van der Waals surface area contributed by atoms with E-state index in [2.05, 4.69) is 17.2 Å². The molecule has 1 amide bonds. The van der Waals surface area contributed by atoms with Crippen LogP contribution in [-0.2, 0) is 6.42 Å². The third-order valence-electron chi connectivity index (χ3n) is 3.14. The number of rotatable bonds is 3. The lowest BCUT2D eigenvalue weighted by Gasteiger charge is -2.07. The van der Waals surface area contributed by atoms with E-state index in [-0.39, 0.29) is 5.91 Å². The lowest BCUT2D eigenvalue weighted by atomic mass is 10.1. The molecule has 3 N–H and O–H groups in total. The number of carbonyl (C=O) groups is 1. The molecule has 21 heavy (non-hydrogen) atoms. The van der Waals surface area contributed by atoms with Gasteiger partial charge in [-0.1, -0.05) is 18.8 Å². The second-order valence-corrected chi connectivity index (χ2v) is 5.53. The van der Waals surface area contributed by atoms with E-state index >= 15 is 0 Å². The third-order valence-corrected chi connectivity index (χ3v) is 4.10. The lowest BCUT2D eigenvalue weighted by Crippen LogP contribution is -2.12. The number of benzene rings is 1. The average Bonchev–Trinajstić information content (AvgIpc) is 2.95. The number of carbonyl (C=O) groups excluding carboxylic acids is 1. The highest BCUT2D eigenvalue weighted by molar-refractivity contribution is 7.12. The van der Waals surface area contributed by atoms with Crippen molar-refractivity contribution in [2.75, 3.05) is 11.9 Å². The number of anilines is 1. The Labute approximate surface area is 129 Å². The van der Waals surface area contributed by atoms with E-state index in [0.717, 1.165) is 33.7 Å². The van der Waals surface area contributed by atoms with Crippen molar-refractivity contribution in [3.05, 3.63) is 51.2 Å². The fraction of sp³-hybridized carbons (Fsp3) is 0.235. The molecule has 0 spiro atoms. The van der Waals surface area contributed by atoms with Crippen LogP contribution < -0.4 is 11.1 Å². The van der Waals surface area contributed by atoms with E-state index in [1.54, 1.807) is 0 Å². The number of nitrogens with two attached hydrogens (primary N) is 1. The molecular weight excluding hydrogens is 280 g/mol. The molecule has 1 aromatic heterocycles. The maximum absolute atomic E-state index is 12.3. The molecular formula is C17H18N2OS. The van der Waals surface area contributed by atoms with Crippen LogP contribution in [0.15, 0.2) is 29.6 Å². The average molecular weight is 298 g/mol. The zero-order chi connectivity index (χ0) is 15.2. The molecule has 2 aromatic rings. The van der Waals surface area contributed by atoms with Crippen molar-refractivity contribution >= 4 is 22.9 Å². The summed E-state index contributed by atoms with van der Waals surface area (Å²) in [5.41, 5.74) is 9.20. The minimum Gasteiger partial charge on any atom is -0.321 e. The van der Waals surface area contributed by atoms with Gasteiger partial charge in [-0.15, -0.1) is 11.3 Å². The van der Waals surface area contributed by atoms with E-state index in [9.17, 15) is 4.79 Å². The molecule has 3 nitrogen and oxygen atoms in total. The van der Waals surface area contributed by atoms with E-state index in [1.165, 1.54) is 11.3 Å². The van der Waals surface area contributed by atoms with Gasteiger partial charge in [-0.25, -0.2) is 0 Å². The van der Waals surface area contributed by atoms with Crippen LogP contribution in [0, 0.1) is 18.8 Å². The standard InChI is InChI=1S/C17H18N2OS/c1-3-13-8-10-21-16(13)17(20)19-15-7-6-14(5-4-9-18)12(2)11-15/h6-8,10-11H,3,9,18H2,1-2H3,(H,19,20). The highest BCUT2D eigenvalue weighted by atomic mass is 32.1. The van der Waals surface area contributed by atoms with Crippen molar-refractivity contribution in [2.45, 2.75) is 20.3 Å². The number of aryl methyl sites for hydroxylation is 2. The normalized spacial score (nSPS) is 9.86. The minimum absolute atomic E-state index is 0.0537. The summed E-state index contributed by atoms with van der Waals surface area (Å²) in [5, 5.41) is 4.89. The molecule has 2 rings (SSSR count). The topological polar surface area (TPSA) is 55.1 Å². The number of thiophene rings is 1. The lowest BCUT2D eigenvalue weighted by molar-refractivity contribution is 0.103. The zero-order valence-corrected chi connectivity index (χ0v) is 13.0.